The van der Waals surface area contributed by atoms with Crippen molar-refractivity contribution in [2.45, 2.75) is 46.2 Å². The zero-order chi connectivity index (χ0) is 14.7. The smallest absolute Gasteiger partial charge is 0.408 e. The average Bonchev–Trinajstić information content (AvgIpc) is 2.78. The number of hydrogen-bond donors (Lipinski definition) is 1. The Balaban J connectivity index is 2.37. The molecular weight excluding hydrogens is 252 g/mol. The van der Waals surface area contributed by atoms with Gasteiger partial charge in [-0.3, -0.25) is 4.57 Å². The van der Waals surface area contributed by atoms with Gasteiger partial charge in [0.1, 0.15) is 0 Å². The van der Waals surface area contributed by atoms with E-state index in [1.807, 2.05) is 26.1 Å². The number of fused-ring (bicyclic) bond motifs is 1. The van der Waals surface area contributed by atoms with Crippen LogP contribution >= 0.6 is 0 Å². The molecule has 20 heavy (non-hydrogen) atoms. The molecule has 0 aliphatic rings. The van der Waals surface area contributed by atoms with Crippen molar-refractivity contribution < 1.29 is 4.42 Å². The SMILES string of the molecule is CCC(C)CC(NC)c1ccc2c(c1)oc(=O)n2CC. The maximum absolute atomic E-state index is 11.7. The van der Waals surface area contributed by atoms with E-state index in [4.69, 9.17) is 4.42 Å². The summed E-state index contributed by atoms with van der Waals surface area (Å²) in [6, 6.07) is 6.36. The van der Waals surface area contributed by atoms with Gasteiger partial charge in [-0.1, -0.05) is 26.3 Å². The Morgan fingerprint density at radius 1 is 1.35 bits per heavy atom. The van der Waals surface area contributed by atoms with Gasteiger partial charge in [0.25, 0.3) is 0 Å². The normalized spacial score (nSPS) is 14.6. The van der Waals surface area contributed by atoms with E-state index in [0.29, 0.717) is 24.1 Å². The Bertz CT molecular complexity index is 627. The Labute approximate surface area is 119 Å². The minimum Gasteiger partial charge on any atom is -0.408 e. The fourth-order valence-corrected chi connectivity index (χ4v) is 2.59. The molecule has 0 amide bonds. The number of nitrogens with one attached hydrogen (secondary N) is 1. The van der Waals surface area contributed by atoms with Crippen molar-refractivity contribution in [2.75, 3.05) is 7.05 Å². The van der Waals surface area contributed by atoms with Crippen LogP contribution in [0.3, 0.4) is 0 Å². The Morgan fingerprint density at radius 2 is 2.10 bits per heavy atom. The van der Waals surface area contributed by atoms with Gasteiger partial charge >= 0.3 is 5.76 Å². The zero-order valence-corrected chi connectivity index (χ0v) is 12.8. The predicted octanol–water partition coefficient (Wildman–Crippen LogP) is 3.31. The molecule has 4 heteroatoms. The predicted molar refractivity (Wildman–Crippen MR) is 82.0 cm³/mol. The first-order valence-corrected chi connectivity index (χ1v) is 7.41. The van der Waals surface area contributed by atoms with Crippen LogP contribution in [0.2, 0.25) is 0 Å². The molecule has 4 nitrogen and oxygen atoms in total. The average molecular weight is 276 g/mol. The molecule has 0 aliphatic carbocycles. The molecule has 0 fully saturated rings. The highest BCUT2D eigenvalue weighted by atomic mass is 16.4. The van der Waals surface area contributed by atoms with E-state index in [-0.39, 0.29) is 5.76 Å². The molecule has 1 aromatic carbocycles. The summed E-state index contributed by atoms with van der Waals surface area (Å²) in [5.74, 6) is 0.387. The minimum absolute atomic E-state index is 0.275. The van der Waals surface area contributed by atoms with Crippen LogP contribution in [0, 0.1) is 5.92 Å². The summed E-state index contributed by atoms with van der Waals surface area (Å²) in [4.78, 5) is 11.7. The van der Waals surface area contributed by atoms with E-state index in [1.165, 1.54) is 12.0 Å². The molecule has 1 N–H and O–H groups in total. The summed E-state index contributed by atoms with van der Waals surface area (Å²) < 4.78 is 6.99. The number of oxazole rings is 1. The van der Waals surface area contributed by atoms with Crippen LogP contribution in [0.1, 0.15) is 45.2 Å². The highest BCUT2D eigenvalue weighted by Gasteiger charge is 2.15. The summed E-state index contributed by atoms with van der Waals surface area (Å²) in [6.07, 6.45) is 2.25. The van der Waals surface area contributed by atoms with Gasteiger partial charge in [0.15, 0.2) is 5.58 Å². The molecule has 0 saturated carbocycles. The van der Waals surface area contributed by atoms with Crippen LogP contribution in [0.4, 0.5) is 0 Å². The Hall–Kier alpha value is -1.55. The van der Waals surface area contributed by atoms with Crippen LogP contribution in [-0.2, 0) is 6.54 Å². The molecule has 0 bridgehead atoms. The second kappa shape index (κ2) is 6.27. The monoisotopic (exact) mass is 276 g/mol. The third kappa shape index (κ3) is 2.80. The first-order chi connectivity index (χ1) is 9.60. The lowest BCUT2D eigenvalue weighted by atomic mass is 9.94. The van der Waals surface area contributed by atoms with Gasteiger partial charge in [0.2, 0.25) is 0 Å². The van der Waals surface area contributed by atoms with Gasteiger partial charge in [-0.25, -0.2) is 4.79 Å². The quantitative estimate of drug-likeness (QED) is 0.880. The summed E-state index contributed by atoms with van der Waals surface area (Å²) in [6.45, 7) is 7.05. The fraction of sp³-hybridized carbons (Fsp3) is 0.562. The van der Waals surface area contributed by atoms with Crippen LogP contribution < -0.4 is 11.1 Å². The van der Waals surface area contributed by atoms with Gasteiger partial charge < -0.3 is 9.73 Å². The molecule has 1 heterocycles. The van der Waals surface area contributed by atoms with Crippen molar-refractivity contribution >= 4 is 11.1 Å². The lowest BCUT2D eigenvalue weighted by Gasteiger charge is -2.20. The van der Waals surface area contributed by atoms with Crippen LogP contribution in [-0.4, -0.2) is 11.6 Å². The summed E-state index contributed by atoms with van der Waals surface area (Å²) >= 11 is 0. The third-order valence-electron chi connectivity index (χ3n) is 4.09. The highest BCUT2D eigenvalue weighted by Crippen LogP contribution is 2.25. The van der Waals surface area contributed by atoms with Crippen molar-refractivity contribution in [3.05, 3.63) is 34.3 Å². The molecular formula is C16H24N2O2. The molecule has 2 aromatic rings. The molecule has 110 valence electrons. The molecule has 0 saturated heterocycles. The number of hydrogen-bond acceptors (Lipinski definition) is 3. The minimum atomic E-state index is -0.275. The number of nitrogens with zero attached hydrogens (tertiary/aromatic N) is 1. The highest BCUT2D eigenvalue weighted by molar-refractivity contribution is 5.73. The topological polar surface area (TPSA) is 47.2 Å². The Morgan fingerprint density at radius 3 is 2.70 bits per heavy atom. The first kappa shape index (κ1) is 14.9. The van der Waals surface area contributed by atoms with E-state index in [9.17, 15) is 4.79 Å². The lowest BCUT2D eigenvalue weighted by molar-refractivity contribution is 0.421. The standard InChI is InChI=1S/C16H24N2O2/c1-5-11(3)9-13(17-4)12-7-8-14-15(10-12)20-16(19)18(14)6-2/h7-8,10-11,13,17H,5-6,9H2,1-4H3. The van der Waals surface area contributed by atoms with E-state index < -0.39 is 0 Å². The lowest BCUT2D eigenvalue weighted by Crippen LogP contribution is -2.18. The zero-order valence-electron chi connectivity index (χ0n) is 12.8. The molecule has 1 aromatic heterocycles. The van der Waals surface area contributed by atoms with Crippen molar-refractivity contribution in [1.82, 2.24) is 9.88 Å². The second-order valence-electron chi connectivity index (χ2n) is 5.43. The summed E-state index contributed by atoms with van der Waals surface area (Å²) in [7, 11) is 1.98. The molecule has 0 radical (unpaired) electrons. The number of benzene rings is 1. The molecule has 0 spiro atoms. The van der Waals surface area contributed by atoms with Crippen molar-refractivity contribution in [2.24, 2.45) is 5.92 Å². The molecule has 2 rings (SSSR count). The second-order valence-corrected chi connectivity index (χ2v) is 5.43. The number of rotatable bonds is 6. The van der Waals surface area contributed by atoms with E-state index in [0.717, 1.165) is 11.9 Å². The van der Waals surface area contributed by atoms with Gasteiger partial charge in [0.05, 0.1) is 5.52 Å². The maximum atomic E-state index is 11.7. The molecule has 2 atom stereocenters. The maximum Gasteiger partial charge on any atom is 0.419 e. The van der Waals surface area contributed by atoms with E-state index >= 15 is 0 Å². The number of aromatic nitrogens is 1. The molecule has 2 unspecified atom stereocenters. The van der Waals surface area contributed by atoms with Crippen molar-refractivity contribution in [1.29, 1.82) is 0 Å². The molecule has 0 aliphatic heterocycles. The van der Waals surface area contributed by atoms with Gasteiger partial charge in [-0.15, -0.1) is 0 Å². The summed E-state index contributed by atoms with van der Waals surface area (Å²) in [5.41, 5.74) is 2.73. The fourth-order valence-electron chi connectivity index (χ4n) is 2.59. The van der Waals surface area contributed by atoms with Gasteiger partial charge in [0, 0.05) is 12.6 Å². The van der Waals surface area contributed by atoms with Gasteiger partial charge in [-0.2, -0.15) is 0 Å². The van der Waals surface area contributed by atoms with Crippen LogP contribution in [0.15, 0.2) is 27.4 Å². The van der Waals surface area contributed by atoms with Crippen LogP contribution in [0.5, 0.6) is 0 Å². The Kier molecular flexibility index (Phi) is 4.65. The van der Waals surface area contributed by atoms with Crippen molar-refractivity contribution in [3.8, 4) is 0 Å². The van der Waals surface area contributed by atoms with Crippen LogP contribution in [0.25, 0.3) is 11.1 Å². The van der Waals surface area contributed by atoms with E-state index in [1.54, 1.807) is 4.57 Å². The van der Waals surface area contributed by atoms with Crippen molar-refractivity contribution in [3.63, 3.8) is 0 Å². The first-order valence-electron chi connectivity index (χ1n) is 7.41. The van der Waals surface area contributed by atoms with E-state index in [2.05, 4.69) is 25.2 Å². The number of aryl methyl sites for hydroxylation is 1. The van der Waals surface area contributed by atoms with Gasteiger partial charge in [-0.05, 0) is 44.0 Å². The largest absolute Gasteiger partial charge is 0.419 e. The third-order valence-corrected chi connectivity index (χ3v) is 4.09. The summed E-state index contributed by atoms with van der Waals surface area (Å²) in [5, 5.41) is 3.36.